The Labute approximate surface area is 130 Å². The molecule has 0 aliphatic carbocycles. The average Bonchev–Trinajstić information content (AvgIpc) is 2.48. The van der Waals surface area contributed by atoms with E-state index in [2.05, 4.69) is 4.98 Å². The first-order valence-electron chi connectivity index (χ1n) is 7.42. The fraction of sp³-hybridized carbons (Fsp3) is 0.294. The predicted molar refractivity (Wildman–Crippen MR) is 85.5 cm³/mol. The van der Waals surface area contributed by atoms with E-state index >= 15 is 0 Å². The molecular weight excluding hydrogens is 277 g/mol. The summed E-state index contributed by atoms with van der Waals surface area (Å²) in [5.41, 5.74) is 5.18. The van der Waals surface area contributed by atoms with E-state index in [1.165, 1.54) is 0 Å². The van der Waals surface area contributed by atoms with Gasteiger partial charge in [0.25, 0.3) is 0 Å². The molecular formula is C17H18BNO3. The van der Waals surface area contributed by atoms with Crippen molar-refractivity contribution in [1.82, 2.24) is 4.98 Å². The van der Waals surface area contributed by atoms with E-state index in [9.17, 15) is 9.82 Å². The monoisotopic (exact) mass is 295 g/mol. The SMILES string of the molecule is Cc1cnc(C(=O)Cc2ccc3c(c2)B(O)OCC3)c(C)c1. The average molecular weight is 295 g/mol. The largest absolute Gasteiger partial charge is 0.491 e. The quantitative estimate of drug-likeness (QED) is 0.686. The minimum Gasteiger partial charge on any atom is -0.423 e. The number of aryl methyl sites for hydroxylation is 2. The summed E-state index contributed by atoms with van der Waals surface area (Å²) in [5, 5.41) is 9.89. The second-order valence-corrected chi connectivity index (χ2v) is 5.78. The standard InChI is InChI=1S/C17H18BNO3/c1-11-7-12(2)17(19-10-11)16(20)9-13-3-4-14-5-6-22-18(21)15(14)8-13/h3-4,7-8,10,21H,5-6,9H2,1-2H3. The highest BCUT2D eigenvalue weighted by atomic mass is 16.5. The van der Waals surface area contributed by atoms with Crippen molar-refractivity contribution in [1.29, 1.82) is 0 Å². The fourth-order valence-corrected chi connectivity index (χ4v) is 2.86. The van der Waals surface area contributed by atoms with Crippen molar-refractivity contribution < 1.29 is 14.5 Å². The summed E-state index contributed by atoms with van der Waals surface area (Å²) in [7, 11) is -0.891. The van der Waals surface area contributed by atoms with E-state index in [4.69, 9.17) is 4.65 Å². The van der Waals surface area contributed by atoms with Gasteiger partial charge in [-0.3, -0.25) is 9.78 Å². The normalized spacial score (nSPS) is 13.9. The van der Waals surface area contributed by atoms with Gasteiger partial charge in [0.05, 0.1) is 0 Å². The molecule has 1 aliphatic heterocycles. The zero-order valence-corrected chi connectivity index (χ0v) is 12.8. The number of hydrogen-bond donors (Lipinski definition) is 1. The van der Waals surface area contributed by atoms with Crippen LogP contribution in [0.3, 0.4) is 0 Å². The molecule has 0 spiro atoms. The molecule has 0 amide bonds. The van der Waals surface area contributed by atoms with Crippen molar-refractivity contribution >= 4 is 18.4 Å². The number of hydrogen-bond acceptors (Lipinski definition) is 4. The number of carbonyl (C=O) groups is 1. The van der Waals surface area contributed by atoms with Crippen LogP contribution in [0.15, 0.2) is 30.5 Å². The number of Topliss-reactive ketones (excluding diaryl/α,β-unsaturated/α-hetero) is 1. The third-order valence-electron chi connectivity index (χ3n) is 3.97. The molecule has 1 aliphatic rings. The Morgan fingerprint density at radius 2 is 2.18 bits per heavy atom. The van der Waals surface area contributed by atoms with Crippen LogP contribution in [-0.2, 0) is 17.5 Å². The van der Waals surface area contributed by atoms with Crippen LogP contribution in [0.25, 0.3) is 0 Å². The van der Waals surface area contributed by atoms with Gasteiger partial charge in [0, 0.05) is 19.2 Å². The molecule has 0 fully saturated rings. The number of benzene rings is 1. The first-order valence-corrected chi connectivity index (χ1v) is 7.42. The Hall–Kier alpha value is -1.98. The van der Waals surface area contributed by atoms with Gasteiger partial charge in [-0.2, -0.15) is 0 Å². The number of aromatic nitrogens is 1. The first-order chi connectivity index (χ1) is 10.5. The van der Waals surface area contributed by atoms with E-state index < -0.39 is 7.12 Å². The first kappa shape index (κ1) is 14.9. The molecule has 1 aromatic carbocycles. The van der Waals surface area contributed by atoms with Crippen LogP contribution in [0.4, 0.5) is 0 Å². The highest BCUT2D eigenvalue weighted by Gasteiger charge is 2.25. The van der Waals surface area contributed by atoms with Crippen molar-refractivity contribution in [3.8, 4) is 0 Å². The van der Waals surface area contributed by atoms with Crippen molar-refractivity contribution in [2.45, 2.75) is 26.7 Å². The maximum absolute atomic E-state index is 12.4. The summed E-state index contributed by atoms with van der Waals surface area (Å²) in [4.78, 5) is 16.7. The molecule has 5 heteroatoms. The number of rotatable bonds is 3. The van der Waals surface area contributed by atoms with Crippen molar-refractivity contribution in [3.63, 3.8) is 0 Å². The van der Waals surface area contributed by atoms with E-state index in [1.54, 1.807) is 6.20 Å². The van der Waals surface area contributed by atoms with Crippen molar-refractivity contribution in [3.05, 3.63) is 58.4 Å². The van der Waals surface area contributed by atoms with Gasteiger partial charge in [0.1, 0.15) is 5.69 Å². The van der Waals surface area contributed by atoms with Crippen molar-refractivity contribution in [2.75, 3.05) is 6.61 Å². The number of nitrogens with zero attached hydrogens (tertiary/aromatic N) is 1. The smallest absolute Gasteiger partial charge is 0.423 e. The number of carbonyl (C=O) groups excluding carboxylic acids is 1. The van der Waals surface area contributed by atoms with Crippen LogP contribution in [-0.4, -0.2) is 29.5 Å². The molecule has 4 nitrogen and oxygen atoms in total. The summed E-state index contributed by atoms with van der Waals surface area (Å²) in [5.74, 6) is -0.0105. The molecule has 2 heterocycles. The summed E-state index contributed by atoms with van der Waals surface area (Å²) < 4.78 is 5.24. The molecule has 2 aromatic rings. The zero-order chi connectivity index (χ0) is 15.7. The highest BCUT2D eigenvalue weighted by Crippen LogP contribution is 2.13. The van der Waals surface area contributed by atoms with Crippen LogP contribution in [0.5, 0.6) is 0 Å². The van der Waals surface area contributed by atoms with Gasteiger partial charge in [0.15, 0.2) is 5.78 Å². The third-order valence-corrected chi connectivity index (χ3v) is 3.97. The maximum Gasteiger partial charge on any atom is 0.491 e. The van der Waals surface area contributed by atoms with E-state index in [-0.39, 0.29) is 12.2 Å². The second-order valence-electron chi connectivity index (χ2n) is 5.78. The van der Waals surface area contributed by atoms with Gasteiger partial charge in [-0.05, 0) is 48.0 Å². The number of fused-ring (bicyclic) bond motifs is 1. The lowest BCUT2D eigenvalue weighted by Crippen LogP contribution is -2.41. The van der Waals surface area contributed by atoms with Crippen LogP contribution in [0.1, 0.15) is 32.7 Å². The lowest BCUT2D eigenvalue weighted by Gasteiger charge is -2.19. The molecule has 0 saturated heterocycles. The summed E-state index contributed by atoms with van der Waals surface area (Å²) in [6, 6.07) is 7.74. The van der Waals surface area contributed by atoms with Gasteiger partial charge in [-0.25, -0.2) is 0 Å². The Morgan fingerprint density at radius 1 is 1.36 bits per heavy atom. The van der Waals surface area contributed by atoms with E-state index in [1.807, 2.05) is 38.1 Å². The molecule has 0 unspecified atom stereocenters. The molecule has 1 N–H and O–H groups in total. The van der Waals surface area contributed by atoms with E-state index in [0.717, 1.165) is 34.1 Å². The number of pyridine rings is 1. The van der Waals surface area contributed by atoms with Gasteiger partial charge in [-0.15, -0.1) is 0 Å². The Bertz CT molecular complexity index is 730. The van der Waals surface area contributed by atoms with Gasteiger partial charge in [0.2, 0.25) is 0 Å². The molecule has 1 aromatic heterocycles. The molecule has 3 rings (SSSR count). The van der Waals surface area contributed by atoms with Gasteiger partial charge >= 0.3 is 7.12 Å². The fourth-order valence-electron chi connectivity index (χ4n) is 2.86. The number of ketones is 1. The summed E-state index contributed by atoms with van der Waals surface area (Å²) in [6.07, 6.45) is 2.78. The molecule has 0 atom stereocenters. The summed E-state index contributed by atoms with van der Waals surface area (Å²) in [6.45, 7) is 4.38. The van der Waals surface area contributed by atoms with Crippen LogP contribution in [0.2, 0.25) is 0 Å². The Kier molecular flexibility index (Phi) is 4.09. The van der Waals surface area contributed by atoms with Crippen LogP contribution in [0, 0.1) is 13.8 Å². The van der Waals surface area contributed by atoms with Crippen LogP contribution < -0.4 is 5.46 Å². The Morgan fingerprint density at radius 3 is 2.95 bits per heavy atom. The topological polar surface area (TPSA) is 59.4 Å². The lowest BCUT2D eigenvalue weighted by molar-refractivity contribution is 0.0987. The minimum absolute atomic E-state index is 0.0105. The minimum atomic E-state index is -0.891. The van der Waals surface area contributed by atoms with Crippen molar-refractivity contribution in [2.24, 2.45) is 0 Å². The predicted octanol–water partition coefficient (Wildman–Crippen LogP) is 1.38. The van der Waals surface area contributed by atoms with Gasteiger partial charge in [-0.1, -0.05) is 24.3 Å². The lowest BCUT2D eigenvalue weighted by atomic mass is 9.73. The van der Waals surface area contributed by atoms with E-state index in [0.29, 0.717) is 12.3 Å². The molecule has 112 valence electrons. The Balaban J connectivity index is 1.84. The molecule has 0 bridgehead atoms. The molecule has 0 saturated carbocycles. The highest BCUT2D eigenvalue weighted by molar-refractivity contribution is 6.60. The summed E-state index contributed by atoms with van der Waals surface area (Å²) >= 11 is 0. The maximum atomic E-state index is 12.4. The third kappa shape index (κ3) is 2.96. The second kappa shape index (κ2) is 6.03. The molecule has 0 radical (unpaired) electrons. The molecule has 22 heavy (non-hydrogen) atoms. The van der Waals surface area contributed by atoms with Crippen LogP contribution >= 0.6 is 0 Å². The zero-order valence-electron chi connectivity index (χ0n) is 12.8. The van der Waals surface area contributed by atoms with Gasteiger partial charge < -0.3 is 9.68 Å².